The van der Waals surface area contributed by atoms with Crippen molar-refractivity contribution in [3.8, 4) is 0 Å². The third-order valence-electron chi connectivity index (χ3n) is 6.02. The van der Waals surface area contributed by atoms with Crippen molar-refractivity contribution in [1.82, 2.24) is 15.4 Å². The Bertz CT molecular complexity index is 752. The Morgan fingerprint density at radius 3 is 2.93 bits per heavy atom. The number of rotatable bonds is 6. The number of pyridine rings is 1. The molecule has 2 aliphatic rings. The van der Waals surface area contributed by atoms with Crippen LogP contribution in [0, 0.1) is 5.41 Å². The maximum absolute atomic E-state index is 11.0. The van der Waals surface area contributed by atoms with Crippen LogP contribution in [0.15, 0.2) is 35.6 Å². The van der Waals surface area contributed by atoms with E-state index in [1.807, 2.05) is 12.1 Å². The van der Waals surface area contributed by atoms with Gasteiger partial charge in [-0.05, 0) is 61.8 Å². The van der Waals surface area contributed by atoms with E-state index < -0.39 is 5.91 Å². The van der Waals surface area contributed by atoms with Crippen LogP contribution < -0.4 is 10.8 Å². The number of likely N-dealkylation sites (tertiary alicyclic amines) is 1. The number of carbonyl (C=O) groups excluding carboxylic acids is 1. The summed E-state index contributed by atoms with van der Waals surface area (Å²) < 4.78 is 0. The van der Waals surface area contributed by atoms with Crippen LogP contribution in [0.5, 0.6) is 0 Å². The predicted molar refractivity (Wildman–Crippen MR) is 112 cm³/mol. The van der Waals surface area contributed by atoms with Crippen molar-refractivity contribution in [2.45, 2.75) is 52.5 Å². The molecular weight excluding hydrogens is 352 g/mol. The topological polar surface area (TPSA) is 77.5 Å². The van der Waals surface area contributed by atoms with Gasteiger partial charge in [-0.3, -0.25) is 14.9 Å². The molecule has 1 aromatic rings. The van der Waals surface area contributed by atoms with Gasteiger partial charge in [-0.15, -0.1) is 0 Å². The van der Waals surface area contributed by atoms with Crippen LogP contribution in [0.1, 0.15) is 52.0 Å². The molecule has 1 saturated heterocycles. The highest BCUT2D eigenvalue weighted by Gasteiger charge is 2.31. The fourth-order valence-electron chi connectivity index (χ4n) is 4.35. The Kier molecular flexibility index (Phi) is 6.52. The standard InChI is InChI=1S/C22H32N4O2/c1-16-5-4-11-22(2,3)19(16)15-26-12-10-18(14-26)24-20-8-6-17(13-23-20)7-9-21(27)25-28/h6-9,13,18,28H,4-5,10-12,14-15H2,1-3H3,(H,23,24)(H,25,27)/b9-7+/t18-/m1/s1. The van der Waals surface area contributed by atoms with Gasteiger partial charge in [0.25, 0.3) is 5.91 Å². The molecule has 6 heteroatoms. The lowest BCUT2D eigenvalue weighted by Crippen LogP contribution is -2.33. The highest BCUT2D eigenvalue weighted by Crippen LogP contribution is 2.40. The number of hydrogen-bond acceptors (Lipinski definition) is 5. The molecule has 0 saturated carbocycles. The van der Waals surface area contributed by atoms with E-state index in [4.69, 9.17) is 5.21 Å². The fourth-order valence-corrected chi connectivity index (χ4v) is 4.35. The summed E-state index contributed by atoms with van der Waals surface area (Å²) in [4.78, 5) is 18.0. The van der Waals surface area contributed by atoms with E-state index in [1.54, 1.807) is 28.9 Å². The smallest absolute Gasteiger partial charge is 0.267 e. The molecule has 1 atom stereocenters. The number of hydrogen-bond donors (Lipinski definition) is 3. The van der Waals surface area contributed by atoms with Crippen LogP contribution in [0.2, 0.25) is 0 Å². The Morgan fingerprint density at radius 1 is 1.43 bits per heavy atom. The van der Waals surface area contributed by atoms with Crippen molar-refractivity contribution in [1.29, 1.82) is 0 Å². The van der Waals surface area contributed by atoms with E-state index in [2.05, 4.69) is 36.0 Å². The SMILES string of the molecule is CC1=C(CN2CC[C@@H](Nc3ccc(/C=C/C(=O)NO)cn3)C2)C(C)(C)CCC1. The van der Waals surface area contributed by atoms with Crippen LogP contribution in [0.4, 0.5) is 5.82 Å². The maximum atomic E-state index is 11.0. The predicted octanol–water partition coefficient (Wildman–Crippen LogP) is 3.61. The molecule has 1 aliphatic heterocycles. The summed E-state index contributed by atoms with van der Waals surface area (Å²) in [6.45, 7) is 10.3. The molecule has 3 rings (SSSR count). The quantitative estimate of drug-likeness (QED) is 0.302. The third-order valence-corrected chi connectivity index (χ3v) is 6.02. The lowest BCUT2D eigenvalue weighted by Gasteiger charge is -2.36. The first-order valence-corrected chi connectivity index (χ1v) is 10.1. The Morgan fingerprint density at radius 2 is 2.25 bits per heavy atom. The average Bonchev–Trinajstić information content (AvgIpc) is 3.11. The van der Waals surface area contributed by atoms with Crippen molar-refractivity contribution < 1.29 is 10.0 Å². The van der Waals surface area contributed by atoms with Gasteiger partial charge in [-0.25, -0.2) is 10.5 Å². The summed E-state index contributed by atoms with van der Waals surface area (Å²) in [7, 11) is 0. The number of allylic oxidation sites excluding steroid dienone is 1. The molecule has 0 aromatic carbocycles. The fraction of sp³-hybridized carbons (Fsp3) is 0.545. The van der Waals surface area contributed by atoms with E-state index in [9.17, 15) is 4.79 Å². The summed E-state index contributed by atoms with van der Waals surface area (Å²) in [5.41, 5.74) is 5.93. The number of nitrogens with zero attached hydrogens (tertiary/aromatic N) is 2. The van der Waals surface area contributed by atoms with Crippen LogP contribution in [0.3, 0.4) is 0 Å². The van der Waals surface area contributed by atoms with E-state index in [0.29, 0.717) is 11.5 Å². The summed E-state index contributed by atoms with van der Waals surface area (Å²) in [6, 6.07) is 4.24. The molecule has 3 N–H and O–H groups in total. The molecule has 1 amide bonds. The molecule has 0 bridgehead atoms. The van der Waals surface area contributed by atoms with Crippen molar-refractivity contribution in [3.63, 3.8) is 0 Å². The average molecular weight is 385 g/mol. The number of hydroxylamine groups is 1. The van der Waals surface area contributed by atoms with Gasteiger partial charge < -0.3 is 5.32 Å². The van der Waals surface area contributed by atoms with E-state index in [1.165, 1.54) is 25.3 Å². The van der Waals surface area contributed by atoms with Gasteiger partial charge in [0.05, 0.1) is 0 Å². The van der Waals surface area contributed by atoms with E-state index in [-0.39, 0.29) is 0 Å². The van der Waals surface area contributed by atoms with Gasteiger partial charge in [0.15, 0.2) is 0 Å². The van der Waals surface area contributed by atoms with Crippen molar-refractivity contribution in [2.75, 3.05) is 25.0 Å². The second kappa shape index (κ2) is 8.88. The molecular formula is C22H32N4O2. The van der Waals surface area contributed by atoms with Crippen LogP contribution in [0.25, 0.3) is 6.08 Å². The molecule has 28 heavy (non-hydrogen) atoms. The molecule has 6 nitrogen and oxygen atoms in total. The van der Waals surface area contributed by atoms with Crippen molar-refractivity contribution in [2.24, 2.45) is 5.41 Å². The first-order chi connectivity index (χ1) is 13.4. The first-order valence-electron chi connectivity index (χ1n) is 10.1. The second-order valence-corrected chi connectivity index (χ2v) is 8.65. The zero-order chi connectivity index (χ0) is 20.1. The molecule has 0 spiro atoms. The first kappa shape index (κ1) is 20.6. The molecule has 0 unspecified atom stereocenters. The van der Waals surface area contributed by atoms with Gasteiger partial charge in [0, 0.05) is 37.9 Å². The van der Waals surface area contributed by atoms with E-state index >= 15 is 0 Å². The minimum absolute atomic E-state index is 0.325. The monoisotopic (exact) mass is 384 g/mol. The molecule has 152 valence electrons. The van der Waals surface area contributed by atoms with Gasteiger partial charge in [0.1, 0.15) is 5.82 Å². The van der Waals surface area contributed by atoms with Crippen LogP contribution in [-0.2, 0) is 4.79 Å². The lowest BCUT2D eigenvalue weighted by molar-refractivity contribution is -0.124. The lowest BCUT2D eigenvalue weighted by atomic mass is 9.72. The number of nitrogens with one attached hydrogen (secondary N) is 2. The largest absolute Gasteiger partial charge is 0.366 e. The highest BCUT2D eigenvalue weighted by atomic mass is 16.5. The van der Waals surface area contributed by atoms with Crippen molar-refractivity contribution >= 4 is 17.8 Å². The Hall–Kier alpha value is -2.18. The van der Waals surface area contributed by atoms with Gasteiger partial charge in [-0.1, -0.05) is 25.0 Å². The summed E-state index contributed by atoms with van der Waals surface area (Å²) in [6.07, 6.45) is 9.57. The molecule has 1 aliphatic carbocycles. The van der Waals surface area contributed by atoms with Gasteiger partial charge in [-0.2, -0.15) is 0 Å². The zero-order valence-corrected chi connectivity index (χ0v) is 17.2. The Labute approximate surface area is 167 Å². The van der Waals surface area contributed by atoms with Gasteiger partial charge in [0.2, 0.25) is 0 Å². The summed E-state index contributed by atoms with van der Waals surface area (Å²) in [5, 5.41) is 12.0. The number of anilines is 1. The molecule has 1 fully saturated rings. The molecule has 0 radical (unpaired) electrons. The maximum Gasteiger partial charge on any atom is 0.267 e. The number of amides is 1. The van der Waals surface area contributed by atoms with E-state index in [0.717, 1.165) is 37.4 Å². The highest BCUT2D eigenvalue weighted by molar-refractivity contribution is 5.90. The van der Waals surface area contributed by atoms with Gasteiger partial charge >= 0.3 is 0 Å². The summed E-state index contributed by atoms with van der Waals surface area (Å²) >= 11 is 0. The van der Waals surface area contributed by atoms with Crippen LogP contribution in [-0.4, -0.2) is 46.7 Å². The molecule has 1 aromatic heterocycles. The Balaban J connectivity index is 1.53. The normalized spacial score (nSPS) is 22.6. The number of aromatic nitrogens is 1. The summed E-state index contributed by atoms with van der Waals surface area (Å²) in [5.74, 6) is 0.295. The number of carbonyl (C=O) groups is 1. The zero-order valence-electron chi connectivity index (χ0n) is 17.2. The second-order valence-electron chi connectivity index (χ2n) is 8.65. The third kappa shape index (κ3) is 5.20. The minimum atomic E-state index is -0.556. The minimum Gasteiger partial charge on any atom is -0.366 e. The molecule has 2 heterocycles. The van der Waals surface area contributed by atoms with Crippen LogP contribution >= 0.6 is 0 Å². The van der Waals surface area contributed by atoms with Crippen molar-refractivity contribution in [3.05, 3.63) is 41.1 Å².